The van der Waals surface area contributed by atoms with Gasteiger partial charge in [0.25, 0.3) is 0 Å². The molecule has 0 bridgehead atoms. The lowest BCUT2D eigenvalue weighted by Crippen LogP contribution is -2.50. The molecular formula is C22H28N4O2. The first-order chi connectivity index (χ1) is 13.8. The minimum absolute atomic E-state index is 0.135. The summed E-state index contributed by atoms with van der Waals surface area (Å²) in [5.74, 6) is 0.135. The van der Waals surface area contributed by atoms with Gasteiger partial charge in [0.15, 0.2) is 0 Å². The third-order valence-corrected chi connectivity index (χ3v) is 5.87. The number of carbonyl (C=O) groups is 1. The van der Waals surface area contributed by atoms with E-state index in [0.717, 1.165) is 70.2 Å². The van der Waals surface area contributed by atoms with Gasteiger partial charge in [0.05, 0.1) is 24.6 Å². The third kappa shape index (κ3) is 3.80. The fraction of sp³-hybridized carbons (Fsp3) is 0.500. The Morgan fingerprint density at radius 1 is 0.929 bits per heavy atom. The number of hydrogen-bond acceptors (Lipinski definition) is 5. The van der Waals surface area contributed by atoms with Gasteiger partial charge in [-0.2, -0.15) is 0 Å². The number of likely N-dealkylation sites (tertiary alicyclic amines) is 1. The van der Waals surface area contributed by atoms with Crippen molar-refractivity contribution in [1.29, 1.82) is 0 Å². The molecule has 2 aromatic heterocycles. The summed E-state index contributed by atoms with van der Waals surface area (Å²) in [6.45, 7) is 5.75. The third-order valence-electron chi connectivity index (χ3n) is 5.87. The summed E-state index contributed by atoms with van der Waals surface area (Å²) >= 11 is 0. The number of hydrogen-bond donors (Lipinski definition) is 0. The van der Waals surface area contributed by atoms with Crippen molar-refractivity contribution in [2.75, 3.05) is 45.9 Å². The van der Waals surface area contributed by atoms with Crippen LogP contribution in [-0.2, 0) is 14.9 Å². The van der Waals surface area contributed by atoms with Gasteiger partial charge in [-0.15, -0.1) is 0 Å². The van der Waals surface area contributed by atoms with Crippen LogP contribution in [0.3, 0.4) is 0 Å². The summed E-state index contributed by atoms with van der Waals surface area (Å²) in [5, 5.41) is 0. The van der Waals surface area contributed by atoms with Gasteiger partial charge in [-0.3, -0.25) is 19.7 Å². The molecule has 0 atom stereocenters. The van der Waals surface area contributed by atoms with Crippen LogP contribution in [0.1, 0.15) is 30.7 Å². The van der Waals surface area contributed by atoms with E-state index in [4.69, 9.17) is 4.74 Å². The molecule has 0 unspecified atom stereocenters. The maximum Gasteiger partial charge on any atom is 0.240 e. The fourth-order valence-electron chi connectivity index (χ4n) is 4.28. The molecule has 4 rings (SSSR count). The lowest BCUT2D eigenvalue weighted by Gasteiger charge is -2.37. The van der Waals surface area contributed by atoms with Crippen LogP contribution in [0.5, 0.6) is 0 Å². The molecular weight excluding hydrogens is 352 g/mol. The normalized spacial score (nSPS) is 18.4. The first-order valence-corrected chi connectivity index (χ1v) is 10.2. The highest BCUT2D eigenvalue weighted by atomic mass is 16.5. The Morgan fingerprint density at radius 2 is 1.54 bits per heavy atom. The van der Waals surface area contributed by atoms with Crippen LogP contribution in [-0.4, -0.2) is 71.6 Å². The monoisotopic (exact) mass is 380 g/mol. The molecule has 2 aliphatic heterocycles. The molecule has 0 aliphatic carbocycles. The second-order valence-electron chi connectivity index (χ2n) is 7.54. The zero-order chi connectivity index (χ0) is 19.2. The molecule has 6 nitrogen and oxygen atoms in total. The molecule has 28 heavy (non-hydrogen) atoms. The number of morpholine rings is 1. The van der Waals surface area contributed by atoms with E-state index in [1.54, 1.807) is 12.4 Å². The van der Waals surface area contributed by atoms with E-state index in [1.165, 1.54) is 0 Å². The zero-order valence-corrected chi connectivity index (χ0v) is 16.3. The van der Waals surface area contributed by atoms with Crippen LogP contribution in [0.4, 0.5) is 0 Å². The van der Waals surface area contributed by atoms with Gasteiger partial charge in [-0.25, -0.2) is 0 Å². The molecule has 2 aromatic rings. The molecule has 1 amide bonds. The highest BCUT2D eigenvalue weighted by molar-refractivity contribution is 5.91. The Morgan fingerprint density at radius 3 is 2.07 bits per heavy atom. The molecule has 0 radical (unpaired) electrons. The maximum absolute atomic E-state index is 13.9. The predicted octanol–water partition coefficient (Wildman–Crippen LogP) is 2.11. The number of amides is 1. The second-order valence-corrected chi connectivity index (χ2v) is 7.54. The lowest BCUT2D eigenvalue weighted by atomic mass is 9.75. The standard InChI is InChI=1S/C22H28N4O2/c27-21(26-12-5-6-13-26)22(19-7-1-3-10-23-19,20-8-2-4-11-24-20)9-14-25-15-17-28-18-16-25/h1-4,7-8,10-11H,5-6,9,12-18H2. The van der Waals surface area contributed by atoms with E-state index in [-0.39, 0.29) is 5.91 Å². The largest absolute Gasteiger partial charge is 0.379 e. The van der Waals surface area contributed by atoms with Crippen molar-refractivity contribution in [1.82, 2.24) is 19.8 Å². The molecule has 0 spiro atoms. The highest BCUT2D eigenvalue weighted by Gasteiger charge is 2.47. The molecule has 2 aliphatic rings. The predicted molar refractivity (Wildman–Crippen MR) is 107 cm³/mol. The lowest BCUT2D eigenvalue weighted by molar-refractivity contribution is -0.135. The van der Waals surface area contributed by atoms with E-state index in [9.17, 15) is 4.79 Å². The van der Waals surface area contributed by atoms with Crippen LogP contribution in [0.15, 0.2) is 48.8 Å². The molecule has 2 fully saturated rings. The van der Waals surface area contributed by atoms with Crippen molar-refractivity contribution < 1.29 is 9.53 Å². The summed E-state index contributed by atoms with van der Waals surface area (Å²) in [6.07, 6.45) is 6.35. The smallest absolute Gasteiger partial charge is 0.240 e. The van der Waals surface area contributed by atoms with Gasteiger partial charge >= 0.3 is 0 Å². The molecule has 4 heterocycles. The molecule has 0 N–H and O–H groups in total. The minimum Gasteiger partial charge on any atom is -0.379 e. The van der Waals surface area contributed by atoms with E-state index in [2.05, 4.69) is 14.9 Å². The number of aromatic nitrogens is 2. The van der Waals surface area contributed by atoms with Gasteiger partial charge < -0.3 is 9.64 Å². The van der Waals surface area contributed by atoms with Crippen molar-refractivity contribution in [3.05, 3.63) is 60.2 Å². The second kappa shape index (κ2) is 8.80. The minimum atomic E-state index is -0.856. The maximum atomic E-state index is 13.9. The Kier molecular flexibility index (Phi) is 5.98. The van der Waals surface area contributed by atoms with E-state index < -0.39 is 5.41 Å². The Labute approximate surface area is 166 Å². The van der Waals surface area contributed by atoms with E-state index >= 15 is 0 Å². The molecule has 0 aromatic carbocycles. The number of rotatable bonds is 6. The van der Waals surface area contributed by atoms with Crippen LogP contribution in [0.2, 0.25) is 0 Å². The van der Waals surface area contributed by atoms with Crippen LogP contribution in [0, 0.1) is 0 Å². The van der Waals surface area contributed by atoms with Crippen molar-refractivity contribution in [2.45, 2.75) is 24.7 Å². The number of carbonyl (C=O) groups excluding carboxylic acids is 1. The Hall–Kier alpha value is -2.31. The van der Waals surface area contributed by atoms with Crippen molar-refractivity contribution >= 4 is 5.91 Å². The van der Waals surface area contributed by atoms with Crippen molar-refractivity contribution in [3.63, 3.8) is 0 Å². The summed E-state index contributed by atoms with van der Waals surface area (Å²) in [7, 11) is 0. The molecule has 148 valence electrons. The Balaban J connectivity index is 1.75. The molecule has 2 saturated heterocycles. The van der Waals surface area contributed by atoms with Gasteiger partial charge in [0.1, 0.15) is 5.41 Å². The average Bonchev–Trinajstić information content (AvgIpc) is 3.31. The quantitative estimate of drug-likeness (QED) is 0.768. The summed E-state index contributed by atoms with van der Waals surface area (Å²) in [5.41, 5.74) is 0.725. The van der Waals surface area contributed by atoms with Gasteiger partial charge in [0, 0.05) is 45.1 Å². The van der Waals surface area contributed by atoms with E-state index in [1.807, 2.05) is 41.3 Å². The number of nitrogens with zero attached hydrogens (tertiary/aromatic N) is 4. The number of pyridine rings is 2. The first kappa shape index (κ1) is 19.0. The SMILES string of the molecule is O=C(N1CCCC1)C(CCN1CCOCC1)(c1ccccn1)c1ccccn1. The highest BCUT2D eigenvalue weighted by Crippen LogP contribution is 2.37. The molecule has 6 heteroatoms. The fourth-order valence-corrected chi connectivity index (χ4v) is 4.28. The van der Waals surface area contributed by atoms with Crippen molar-refractivity contribution in [3.8, 4) is 0 Å². The topological polar surface area (TPSA) is 58.6 Å². The van der Waals surface area contributed by atoms with Crippen LogP contribution < -0.4 is 0 Å². The van der Waals surface area contributed by atoms with Gasteiger partial charge in [-0.05, 0) is 43.5 Å². The summed E-state index contributed by atoms with van der Waals surface area (Å²) in [6, 6.07) is 11.7. The average molecular weight is 380 g/mol. The Bertz CT molecular complexity index is 717. The number of ether oxygens (including phenoxy) is 1. The van der Waals surface area contributed by atoms with Crippen LogP contribution >= 0.6 is 0 Å². The summed E-state index contributed by atoms with van der Waals surface area (Å²) < 4.78 is 5.49. The van der Waals surface area contributed by atoms with Crippen molar-refractivity contribution in [2.24, 2.45) is 0 Å². The summed E-state index contributed by atoms with van der Waals surface area (Å²) in [4.78, 5) is 27.6. The van der Waals surface area contributed by atoms with Crippen LogP contribution in [0.25, 0.3) is 0 Å². The van der Waals surface area contributed by atoms with Gasteiger partial charge in [-0.1, -0.05) is 12.1 Å². The van der Waals surface area contributed by atoms with E-state index in [0.29, 0.717) is 6.42 Å². The zero-order valence-electron chi connectivity index (χ0n) is 16.3. The van der Waals surface area contributed by atoms with Gasteiger partial charge in [0.2, 0.25) is 5.91 Å². The first-order valence-electron chi connectivity index (χ1n) is 10.2. The molecule has 0 saturated carbocycles.